The van der Waals surface area contributed by atoms with E-state index in [1.165, 1.54) is 25.8 Å². The molecule has 2 rings (SSSR count). The predicted molar refractivity (Wildman–Crippen MR) is 74.1 cm³/mol. The molecule has 15 heavy (non-hydrogen) atoms. The lowest BCUT2D eigenvalue weighted by Crippen LogP contribution is -1.83. The van der Waals surface area contributed by atoms with Gasteiger partial charge in [0.05, 0.1) is 0 Å². The van der Waals surface area contributed by atoms with Crippen LogP contribution in [0, 0.1) is 17.4 Å². The lowest BCUT2D eigenvalue weighted by Gasteiger charge is -2.04. The minimum atomic E-state index is 1.29. The molecule has 76 valence electrons. The van der Waals surface area contributed by atoms with E-state index in [0.717, 1.165) is 0 Å². The molecular formula is C14H13I. The molecule has 2 aromatic rings. The van der Waals surface area contributed by atoms with E-state index in [9.17, 15) is 0 Å². The van der Waals surface area contributed by atoms with Crippen LogP contribution in [0.15, 0.2) is 42.5 Å². The second-order valence-corrected chi connectivity index (χ2v) is 4.99. The van der Waals surface area contributed by atoms with Gasteiger partial charge in [-0.15, -0.1) is 0 Å². The van der Waals surface area contributed by atoms with Gasteiger partial charge < -0.3 is 0 Å². The molecule has 0 aromatic heterocycles. The summed E-state index contributed by atoms with van der Waals surface area (Å²) in [6.07, 6.45) is 0. The van der Waals surface area contributed by atoms with Gasteiger partial charge in [0.25, 0.3) is 0 Å². The van der Waals surface area contributed by atoms with Crippen LogP contribution < -0.4 is 0 Å². The number of rotatable bonds is 1. The van der Waals surface area contributed by atoms with Gasteiger partial charge in [0.1, 0.15) is 0 Å². The molecule has 0 aliphatic heterocycles. The molecule has 0 atom stereocenters. The van der Waals surface area contributed by atoms with Gasteiger partial charge in [-0.05, 0) is 59.2 Å². The summed E-state index contributed by atoms with van der Waals surface area (Å²) in [7, 11) is 0. The van der Waals surface area contributed by atoms with E-state index >= 15 is 0 Å². The van der Waals surface area contributed by atoms with Crippen molar-refractivity contribution in [2.24, 2.45) is 0 Å². The van der Waals surface area contributed by atoms with Crippen LogP contribution in [0.25, 0.3) is 11.1 Å². The average molecular weight is 308 g/mol. The highest BCUT2D eigenvalue weighted by atomic mass is 127. The molecule has 2 aromatic carbocycles. The van der Waals surface area contributed by atoms with Gasteiger partial charge in [-0.1, -0.05) is 42.0 Å². The highest BCUT2D eigenvalue weighted by molar-refractivity contribution is 14.1. The molecule has 1 heteroatoms. The van der Waals surface area contributed by atoms with Crippen molar-refractivity contribution in [3.8, 4) is 11.1 Å². The fraction of sp³-hybridized carbons (Fsp3) is 0.143. The maximum absolute atomic E-state index is 2.38. The first-order valence-corrected chi connectivity index (χ1v) is 6.08. The molecule has 0 nitrogen and oxygen atoms in total. The third kappa shape index (κ3) is 2.40. The fourth-order valence-corrected chi connectivity index (χ4v) is 2.03. The molecule has 0 radical (unpaired) electrons. The second-order valence-electron chi connectivity index (χ2n) is 3.83. The molecule has 0 bridgehead atoms. The maximum Gasteiger partial charge on any atom is 0.0165 e. The smallest absolute Gasteiger partial charge is 0.0165 e. The van der Waals surface area contributed by atoms with Crippen molar-refractivity contribution in [1.29, 1.82) is 0 Å². The summed E-state index contributed by atoms with van der Waals surface area (Å²) in [5, 5.41) is 0. The zero-order chi connectivity index (χ0) is 10.8. The van der Waals surface area contributed by atoms with Gasteiger partial charge in [-0.3, -0.25) is 0 Å². The van der Waals surface area contributed by atoms with E-state index in [2.05, 4.69) is 78.9 Å². The van der Waals surface area contributed by atoms with E-state index in [1.54, 1.807) is 0 Å². The van der Waals surface area contributed by atoms with Crippen molar-refractivity contribution in [1.82, 2.24) is 0 Å². The quantitative estimate of drug-likeness (QED) is 0.677. The molecule has 0 saturated heterocycles. The van der Waals surface area contributed by atoms with Gasteiger partial charge >= 0.3 is 0 Å². The van der Waals surface area contributed by atoms with Gasteiger partial charge in [0, 0.05) is 3.57 Å². The van der Waals surface area contributed by atoms with E-state index in [0.29, 0.717) is 0 Å². The second kappa shape index (κ2) is 4.35. The molecule has 0 N–H and O–H groups in total. The standard InChI is InChI=1S/C14H13I/c1-10-3-6-12(7-4-10)13-8-5-11(2)14(15)9-13/h3-9H,1-2H3. The van der Waals surface area contributed by atoms with E-state index < -0.39 is 0 Å². The van der Waals surface area contributed by atoms with Gasteiger partial charge in [-0.25, -0.2) is 0 Å². The average Bonchev–Trinajstić information content (AvgIpc) is 2.23. The normalized spacial score (nSPS) is 10.3. The van der Waals surface area contributed by atoms with E-state index in [1.807, 2.05) is 0 Å². The third-order valence-electron chi connectivity index (χ3n) is 2.56. The molecule has 0 amide bonds. The molecule has 0 fully saturated rings. The highest BCUT2D eigenvalue weighted by Crippen LogP contribution is 2.23. The zero-order valence-corrected chi connectivity index (χ0v) is 11.1. The first kappa shape index (κ1) is 10.7. The first-order chi connectivity index (χ1) is 7.16. The first-order valence-electron chi connectivity index (χ1n) is 5.00. The van der Waals surface area contributed by atoms with E-state index in [4.69, 9.17) is 0 Å². The van der Waals surface area contributed by atoms with Crippen LogP contribution in [0.1, 0.15) is 11.1 Å². The molecule has 0 aliphatic rings. The Bertz CT molecular complexity index is 469. The minimum absolute atomic E-state index is 1.29. The van der Waals surface area contributed by atoms with Crippen LogP contribution in [0.5, 0.6) is 0 Å². The Morgan fingerprint density at radius 2 is 1.40 bits per heavy atom. The summed E-state index contributed by atoms with van der Waals surface area (Å²) < 4.78 is 1.32. The molecule has 0 aliphatic carbocycles. The van der Waals surface area contributed by atoms with Crippen LogP contribution in [-0.2, 0) is 0 Å². The van der Waals surface area contributed by atoms with Gasteiger partial charge in [0.15, 0.2) is 0 Å². The van der Waals surface area contributed by atoms with Gasteiger partial charge in [-0.2, -0.15) is 0 Å². The SMILES string of the molecule is Cc1ccc(-c2ccc(C)c(I)c2)cc1. The van der Waals surface area contributed by atoms with Crippen molar-refractivity contribution in [3.05, 3.63) is 57.2 Å². The minimum Gasteiger partial charge on any atom is -0.0587 e. The van der Waals surface area contributed by atoms with Crippen LogP contribution in [0.4, 0.5) is 0 Å². The van der Waals surface area contributed by atoms with E-state index in [-0.39, 0.29) is 0 Å². The summed E-state index contributed by atoms with van der Waals surface area (Å²) in [5.41, 5.74) is 5.23. The topological polar surface area (TPSA) is 0 Å². The Kier molecular flexibility index (Phi) is 3.10. The number of aryl methyl sites for hydroxylation is 2. The molecule has 0 spiro atoms. The summed E-state index contributed by atoms with van der Waals surface area (Å²) in [6, 6.07) is 15.3. The monoisotopic (exact) mass is 308 g/mol. The number of hydrogen-bond acceptors (Lipinski definition) is 0. The molecular weight excluding hydrogens is 295 g/mol. The number of halogens is 1. The number of benzene rings is 2. The summed E-state index contributed by atoms with van der Waals surface area (Å²) in [4.78, 5) is 0. The summed E-state index contributed by atoms with van der Waals surface area (Å²) in [6.45, 7) is 4.25. The Hall–Kier alpha value is -0.830. The fourth-order valence-electron chi connectivity index (χ4n) is 1.52. The lowest BCUT2D eigenvalue weighted by atomic mass is 10.0. The van der Waals surface area contributed by atoms with Crippen LogP contribution >= 0.6 is 22.6 Å². The lowest BCUT2D eigenvalue weighted by molar-refractivity contribution is 1.42. The number of hydrogen-bond donors (Lipinski definition) is 0. The van der Waals surface area contributed by atoms with Crippen LogP contribution in [0.3, 0.4) is 0 Å². The Balaban J connectivity index is 2.45. The van der Waals surface area contributed by atoms with Crippen molar-refractivity contribution in [2.45, 2.75) is 13.8 Å². The largest absolute Gasteiger partial charge is 0.0587 e. The Morgan fingerprint density at radius 3 is 2.00 bits per heavy atom. The predicted octanol–water partition coefficient (Wildman–Crippen LogP) is 4.58. The van der Waals surface area contributed by atoms with Crippen molar-refractivity contribution < 1.29 is 0 Å². The molecule has 0 unspecified atom stereocenters. The zero-order valence-electron chi connectivity index (χ0n) is 8.92. The van der Waals surface area contributed by atoms with Crippen LogP contribution in [-0.4, -0.2) is 0 Å². The molecule has 0 saturated carbocycles. The Morgan fingerprint density at radius 1 is 0.800 bits per heavy atom. The van der Waals surface area contributed by atoms with Gasteiger partial charge in [0.2, 0.25) is 0 Å². The Labute approximate surface area is 104 Å². The van der Waals surface area contributed by atoms with Crippen molar-refractivity contribution in [2.75, 3.05) is 0 Å². The van der Waals surface area contributed by atoms with Crippen molar-refractivity contribution >= 4 is 22.6 Å². The summed E-state index contributed by atoms with van der Waals surface area (Å²) >= 11 is 2.38. The summed E-state index contributed by atoms with van der Waals surface area (Å²) in [5.74, 6) is 0. The third-order valence-corrected chi connectivity index (χ3v) is 3.72. The molecule has 0 heterocycles. The highest BCUT2D eigenvalue weighted by Gasteiger charge is 1.99. The van der Waals surface area contributed by atoms with Crippen molar-refractivity contribution in [3.63, 3.8) is 0 Å². The van der Waals surface area contributed by atoms with Crippen LogP contribution in [0.2, 0.25) is 0 Å². The maximum atomic E-state index is 2.38.